The molecule has 0 aliphatic carbocycles. The Hall–Kier alpha value is -2.15. The number of aliphatic hydroxyl groups excluding tert-OH is 1. The molecule has 0 bridgehead atoms. The number of aliphatic hydroxyl groups is 1. The summed E-state index contributed by atoms with van der Waals surface area (Å²) in [5.41, 5.74) is 0. The van der Waals surface area contributed by atoms with Crippen LogP contribution in [0.2, 0.25) is 0 Å². The second kappa shape index (κ2) is 6.85. The van der Waals surface area contributed by atoms with Gasteiger partial charge in [-0.05, 0) is 12.1 Å². The van der Waals surface area contributed by atoms with Crippen LogP contribution in [0.1, 0.15) is 12.4 Å². The maximum absolute atomic E-state index is 12.6. The summed E-state index contributed by atoms with van der Waals surface area (Å²) in [7, 11) is 0. The lowest BCUT2D eigenvalue weighted by Gasteiger charge is -2.12. The fraction of sp³-hybridized carbons (Fsp3) is 0.308. The lowest BCUT2D eigenvalue weighted by atomic mass is 10.3. The molecule has 1 aromatic carbocycles. The number of rotatable bonds is 7. The molecule has 0 aliphatic rings. The number of imidazole rings is 1. The molecule has 1 aromatic heterocycles. The molecule has 0 saturated carbocycles. The number of para-hydroxylation sites is 2. The molecule has 108 valence electrons. The molecular formula is C13H14F2N2O3. The van der Waals surface area contributed by atoms with E-state index in [2.05, 4.69) is 4.98 Å². The molecule has 7 heteroatoms. The number of alkyl halides is 2. The quantitative estimate of drug-likeness (QED) is 0.847. The maximum atomic E-state index is 12.6. The number of hydrogen-bond acceptors (Lipinski definition) is 4. The molecule has 5 nitrogen and oxygen atoms in total. The van der Waals surface area contributed by atoms with Crippen LogP contribution in [0.15, 0.2) is 36.7 Å². The van der Waals surface area contributed by atoms with E-state index in [4.69, 9.17) is 14.6 Å². The second-order valence-electron chi connectivity index (χ2n) is 3.84. The summed E-state index contributed by atoms with van der Waals surface area (Å²) in [6, 6.07) is 6.81. The Balaban J connectivity index is 2.05. The van der Waals surface area contributed by atoms with Gasteiger partial charge in [-0.2, -0.15) is 8.78 Å². The average molecular weight is 284 g/mol. The third-order valence-electron chi connectivity index (χ3n) is 2.51. The van der Waals surface area contributed by atoms with Gasteiger partial charge in [-0.15, -0.1) is 0 Å². The molecule has 0 spiro atoms. The van der Waals surface area contributed by atoms with Gasteiger partial charge in [0.15, 0.2) is 17.3 Å². The molecule has 0 radical (unpaired) electrons. The molecule has 0 atom stereocenters. The van der Waals surface area contributed by atoms with Crippen molar-refractivity contribution < 1.29 is 23.4 Å². The topological polar surface area (TPSA) is 56.5 Å². The van der Waals surface area contributed by atoms with Crippen LogP contribution >= 0.6 is 0 Å². The molecule has 2 aromatic rings. The van der Waals surface area contributed by atoms with E-state index in [0.717, 1.165) is 4.57 Å². The van der Waals surface area contributed by atoms with Gasteiger partial charge in [0, 0.05) is 12.4 Å². The van der Waals surface area contributed by atoms with E-state index in [1.165, 1.54) is 12.4 Å². The van der Waals surface area contributed by atoms with Gasteiger partial charge in [-0.25, -0.2) is 4.98 Å². The molecule has 0 unspecified atom stereocenters. The van der Waals surface area contributed by atoms with Crippen LogP contribution in [0.3, 0.4) is 0 Å². The normalized spacial score (nSPS) is 10.8. The van der Waals surface area contributed by atoms with E-state index in [0.29, 0.717) is 11.5 Å². The fourth-order valence-corrected chi connectivity index (χ4v) is 1.62. The minimum atomic E-state index is -2.66. The van der Waals surface area contributed by atoms with Crippen LogP contribution in [0, 0.1) is 0 Å². The molecule has 0 amide bonds. The van der Waals surface area contributed by atoms with Crippen LogP contribution in [0.25, 0.3) is 0 Å². The number of aromatic nitrogens is 2. The van der Waals surface area contributed by atoms with E-state index in [-0.39, 0.29) is 25.6 Å². The summed E-state index contributed by atoms with van der Waals surface area (Å²) in [6.07, 6.45) is 2.48. The van der Waals surface area contributed by atoms with Crippen LogP contribution < -0.4 is 9.47 Å². The Kier molecular flexibility index (Phi) is 4.89. The Bertz CT molecular complexity index is 546. The first-order valence-electron chi connectivity index (χ1n) is 5.97. The molecule has 0 aliphatic heterocycles. The van der Waals surface area contributed by atoms with Crippen LogP contribution in [0.5, 0.6) is 11.5 Å². The van der Waals surface area contributed by atoms with Crippen molar-refractivity contribution in [2.24, 2.45) is 0 Å². The highest BCUT2D eigenvalue weighted by Crippen LogP contribution is 2.27. The third-order valence-corrected chi connectivity index (χ3v) is 2.51. The molecular weight excluding hydrogens is 270 g/mol. The summed E-state index contributed by atoms with van der Waals surface area (Å²) in [5.74, 6) is 0.971. The van der Waals surface area contributed by atoms with Crippen molar-refractivity contribution in [3.05, 3.63) is 42.5 Å². The Labute approximate surface area is 114 Å². The van der Waals surface area contributed by atoms with Gasteiger partial charge in [0.1, 0.15) is 13.2 Å². The van der Waals surface area contributed by atoms with Crippen molar-refractivity contribution in [3.8, 4) is 11.5 Å². The first-order valence-corrected chi connectivity index (χ1v) is 5.97. The fourth-order valence-electron chi connectivity index (χ4n) is 1.62. The smallest absolute Gasteiger partial charge is 0.320 e. The van der Waals surface area contributed by atoms with Gasteiger partial charge in [-0.1, -0.05) is 12.1 Å². The predicted octanol–water partition coefficient (Wildman–Crippen LogP) is 2.23. The summed E-state index contributed by atoms with van der Waals surface area (Å²) in [6.45, 7) is -2.75. The highest BCUT2D eigenvalue weighted by molar-refractivity contribution is 5.39. The van der Waals surface area contributed by atoms with Crippen molar-refractivity contribution in [1.29, 1.82) is 0 Å². The van der Waals surface area contributed by atoms with E-state index in [9.17, 15) is 8.78 Å². The highest BCUT2D eigenvalue weighted by atomic mass is 19.3. The van der Waals surface area contributed by atoms with E-state index in [1.807, 2.05) is 0 Å². The number of halogens is 2. The zero-order chi connectivity index (χ0) is 14.4. The first-order chi connectivity index (χ1) is 9.72. The molecule has 20 heavy (non-hydrogen) atoms. The maximum Gasteiger partial charge on any atom is 0.320 e. The number of hydrogen-bond donors (Lipinski definition) is 1. The number of ether oxygens (including phenoxy) is 2. The van der Waals surface area contributed by atoms with Gasteiger partial charge in [0.2, 0.25) is 0 Å². The van der Waals surface area contributed by atoms with Gasteiger partial charge in [0.05, 0.1) is 6.61 Å². The van der Waals surface area contributed by atoms with Gasteiger partial charge in [0.25, 0.3) is 0 Å². The second-order valence-corrected chi connectivity index (χ2v) is 3.84. The van der Waals surface area contributed by atoms with Crippen molar-refractivity contribution in [3.63, 3.8) is 0 Å². The molecule has 0 fully saturated rings. The minimum absolute atomic E-state index is 0.100. The van der Waals surface area contributed by atoms with Crippen molar-refractivity contribution in [2.45, 2.75) is 13.2 Å². The zero-order valence-electron chi connectivity index (χ0n) is 10.6. The largest absolute Gasteiger partial charge is 0.487 e. The van der Waals surface area contributed by atoms with Crippen LogP contribution in [-0.4, -0.2) is 27.9 Å². The lowest BCUT2D eigenvalue weighted by molar-refractivity contribution is 0.0630. The highest BCUT2D eigenvalue weighted by Gasteiger charge is 2.12. The van der Waals surface area contributed by atoms with E-state index < -0.39 is 6.55 Å². The molecule has 0 saturated heterocycles. The molecule has 2 rings (SSSR count). The standard InChI is InChI=1S/C13H14F2N2O3/c14-13(15)17-6-5-16-12(17)9-20-11-4-2-1-3-10(11)19-8-7-18/h1-6,13,18H,7-9H2. The average Bonchev–Trinajstić information content (AvgIpc) is 2.92. The van der Waals surface area contributed by atoms with Gasteiger partial charge in [-0.3, -0.25) is 4.57 Å². The van der Waals surface area contributed by atoms with Gasteiger partial charge < -0.3 is 14.6 Å². The first kappa shape index (κ1) is 14.3. The summed E-state index contributed by atoms with van der Waals surface area (Å²) in [5, 5.41) is 8.73. The lowest BCUT2D eigenvalue weighted by Crippen LogP contribution is -2.08. The van der Waals surface area contributed by atoms with Crippen LogP contribution in [-0.2, 0) is 6.61 Å². The summed E-state index contributed by atoms with van der Waals surface area (Å²) < 4.78 is 36.8. The summed E-state index contributed by atoms with van der Waals surface area (Å²) in [4.78, 5) is 3.82. The van der Waals surface area contributed by atoms with E-state index in [1.54, 1.807) is 24.3 Å². The van der Waals surface area contributed by atoms with Crippen LogP contribution in [0.4, 0.5) is 8.78 Å². The molecule has 1 heterocycles. The minimum Gasteiger partial charge on any atom is -0.487 e. The van der Waals surface area contributed by atoms with Crippen molar-refractivity contribution in [2.75, 3.05) is 13.2 Å². The molecule has 1 N–H and O–H groups in total. The van der Waals surface area contributed by atoms with E-state index >= 15 is 0 Å². The van der Waals surface area contributed by atoms with Gasteiger partial charge >= 0.3 is 6.55 Å². The van der Waals surface area contributed by atoms with Crippen molar-refractivity contribution in [1.82, 2.24) is 9.55 Å². The number of nitrogens with zero attached hydrogens (tertiary/aromatic N) is 2. The Morgan fingerprint density at radius 2 is 1.90 bits per heavy atom. The Morgan fingerprint density at radius 1 is 1.20 bits per heavy atom. The summed E-state index contributed by atoms with van der Waals surface area (Å²) >= 11 is 0. The SMILES string of the molecule is OCCOc1ccccc1OCc1nccn1C(F)F. The Morgan fingerprint density at radius 3 is 2.55 bits per heavy atom. The number of benzene rings is 1. The monoisotopic (exact) mass is 284 g/mol. The third kappa shape index (κ3) is 3.45. The van der Waals surface area contributed by atoms with Crippen molar-refractivity contribution >= 4 is 0 Å². The predicted molar refractivity (Wildman–Crippen MR) is 66.8 cm³/mol. The zero-order valence-corrected chi connectivity index (χ0v) is 10.6.